The highest BCUT2D eigenvalue weighted by molar-refractivity contribution is 5.15. The fraction of sp³-hybridized carbons (Fsp3) is 0.710. The van der Waals surface area contributed by atoms with Gasteiger partial charge >= 0.3 is 0 Å². The van der Waals surface area contributed by atoms with Crippen molar-refractivity contribution in [3.63, 3.8) is 0 Å². The summed E-state index contributed by atoms with van der Waals surface area (Å²) in [5, 5.41) is 0. The van der Waals surface area contributed by atoms with Crippen LogP contribution >= 0.6 is 0 Å². The normalized spacial score (nSPS) is 13.3. The van der Waals surface area contributed by atoms with E-state index in [0.29, 0.717) is 12.0 Å². The second-order valence-corrected chi connectivity index (χ2v) is 10.3. The van der Waals surface area contributed by atoms with E-state index in [-0.39, 0.29) is 0 Å². The van der Waals surface area contributed by atoms with Gasteiger partial charge in [-0.05, 0) is 25.3 Å². The molecule has 2 unspecified atom stereocenters. The van der Waals surface area contributed by atoms with E-state index in [1.165, 1.54) is 121 Å². The van der Waals surface area contributed by atoms with E-state index in [0.717, 1.165) is 0 Å². The van der Waals surface area contributed by atoms with Gasteiger partial charge in [0.05, 0.1) is 0 Å². The van der Waals surface area contributed by atoms with E-state index in [1.54, 1.807) is 0 Å². The lowest BCUT2D eigenvalue weighted by Crippen LogP contribution is -2.40. The maximum atomic E-state index is 3.22. The average molecular weight is 454 g/mol. The number of hydrogen-bond donors (Lipinski definition) is 1. The molecule has 2 aromatic rings. The molecule has 0 aliphatic rings. The van der Waals surface area contributed by atoms with Crippen LogP contribution in [-0.4, -0.2) is 4.98 Å². The first kappa shape index (κ1) is 27.7. The smallest absolute Gasteiger partial charge is 0.241 e. The second-order valence-electron chi connectivity index (χ2n) is 10.3. The maximum absolute atomic E-state index is 3.22. The van der Waals surface area contributed by atoms with Crippen molar-refractivity contribution in [3.8, 4) is 0 Å². The quantitative estimate of drug-likeness (QED) is 0.143. The summed E-state index contributed by atoms with van der Waals surface area (Å²) in [5.74, 6) is 0.694. The SMILES string of the molecule is CCCCCCCCCCCCCCCCCCC(Cc1ccccc1)C(C)[n+]1cc[nH]c1. The van der Waals surface area contributed by atoms with Crippen LogP contribution in [0.1, 0.15) is 135 Å². The Bertz CT molecular complexity index is 649. The number of nitrogens with one attached hydrogen (secondary N) is 1. The zero-order chi connectivity index (χ0) is 23.4. The molecule has 1 aromatic carbocycles. The lowest BCUT2D eigenvalue weighted by molar-refractivity contribution is -0.725. The molecule has 1 heterocycles. The molecule has 0 saturated carbocycles. The molecule has 1 N–H and O–H groups in total. The van der Waals surface area contributed by atoms with Gasteiger partial charge in [0.25, 0.3) is 0 Å². The van der Waals surface area contributed by atoms with Gasteiger partial charge in [-0.1, -0.05) is 140 Å². The number of imidazole rings is 1. The molecule has 0 bridgehead atoms. The summed E-state index contributed by atoms with van der Waals surface area (Å²) in [6, 6.07) is 11.6. The van der Waals surface area contributed by atoms with Gasteiger partial charge in [0.1, 0.15) is 18.4 Å². The Hall–Kier alpha value is -1.57. The van der Waals surface area contributed by atoms with Crippen molar-refractivity contribution >= 4 is 0 Å². The third kappa shape index (κ3) is 13.0. The second kappa shape index (κ2) is 18.8. The first-order valence-corrected chi connectivity index (χ1v) is 14.4. The van der Waals surface area contributed by atoms with Gasteiger partial charge in [-0.2, -0.15) is 0 Å². The maximum Gasteiger partial charge on any atom is 0.241 e. The molecule has 0 aliphatic carbocycles. The van der Waals surface area contributed by atoms with Crippen molar-refractivity contribution < 1.29 is 4.57 Å². The minimum atomic E-state index is 0.535. The molecule has 2 atom stereocenters. The highest BCUT2D eigenvalue weighted by Gasteiger charge is 2.22. The highest BCUT2D eigenvalue weighted by atomic mass is 15.0. The summed E-state index contributed by atoms with van der Waals surface area (Å²) in [7, 11) is 0. The largest absolute Gasteiger partial charge is 0.250 e. The summed E-state index contributed by atoms with van der Waals surface area (Å²) in [6.45, 7) is 4.68. The molecule has 1 aromatic heterocycles. The van der Waals surface area contributed by atoms with Crippen molar-refractivity contribution in [1.82, 2.24) is 4.98 Å². The molecule has 33 heavy (non-hydrogen) atoms. The van der Waals surface area contributed by atoms with E-state index >= 15 is 0 Å². The fourth-order valence-corrected chi connectivity index (χ4v) is 5.18. The molecule has 2 heteroatoms. The van der Waals surface area contributed by atoms with Crippen LogP contribution in [0.25, 0.3) is 0 Å². The number of H-pyrrole nitrogens is 1. The third-order valence-corrected chi connectivity index (χ3v) is 7.49. The van der Waals surface area contributed by atoms with Gasteiger partial charge < -0.3 is 0 Å². The molecule has 0 radical (unpaired) electrons. The Morgan fingerprint density at radius 1 is 0.697 bits per heavy atom. The number of nitrogens with zero attached hydrogens (tertiary/aromatic N) is 1. The van der Waals surface area contributed by atoms with Crippen LogP contribution in [0, 0.1) is 5.92 Å². The monoisotopic (exact) mass is 453 g/mol. The molecule has 0 amide bonds. The van der Waals surface area contributed by atoms with Gasteiger partial charge in [0, 0.05) is 5.92 Å². The van der Waals surface area contributed by atoms with E-state index in [2.05, 4.69) is 66.3 Å². The van der Waals surface area contributed by atoms with Crippen LogP contribution in [0.2, 0.25) is 0 Å². The lowest BCUT2D eigenvalue weighted by atomic mass is 9.88. The summed E-state index contributed by atoms with van der Waals surface area (Å²) >= 11 is 0. The lowest BCUT2D eigenvalue weighted by Gasteiger charge is -2.22. The number of hydrogen-bond acceptors (Lipinski definition) is 0. The fourth-order valence-electron chi connectivity index (χ4n) is 5.18. The highest BCUT2D eigenvalue weighted by Crippen LogP contribution is 2.24. The molecule has 0 fully saturated rings. The van der Waals surface area contributed by atoms with Crippen LogP contribution in [0.3, 0.4) is 0 Å². The first-order chi connectivity index (χ1) is 16.3. The molecule has 0 spiro atoms. The first-order valence-electron chi connectivity index (χ1n) is 14.4. The minimum absolute atomic E-state index is 0.535. The van der Waals surface area contributed by atoms with E-state index in [1.807, 2.05) is 6.20 Å². The van der Waals surface area contributed by atoms with Gasteiger partial charge in [-0.25, -0.2) is 4.57 Å². The Morgan fingerprint density at radius 3 is 1.70 bits per heavy atom. The number of benzene rings is 1. The Morgan fingerprint density at radius 2 is 1.21 bits per heavy atom. The predicted molar refractivity (Wildman–Crippen MR) is 143 cm³/mol. The third-order valence-electron chi connectivity index (χ3n) is 7.49. The minimum Gasteiger partial charge on any atom is -0.250 e. The predicted octanol–water partition coefficient (Wildman–Crippen LogP) is 9.37. The van der Waals surface area contributed by atoms with E-state index < -0.39 is 0 Å². The number of unbranched alkanes of at least 4 members (excludes halogenated alkanes) is 15. The summed E-state index contributed by atoms with van der Waals surface area (Å²) < 4.78 is 2.35. The molecule has 186 valence electrons. The van der Waals surface area contributed by atoms with Crippen molar-refractivity contribution in [2.24, 2.45) is 5.92 Å². The van der Waals surface area contributed by atoms with E-state index in [4.69, 9.17) is 0 Å². The Kier molecular flexibility index (Phi) is 15.8. The molecular weight excluding hydrogens is 400 g/mol. The molecule has 2 rings (SSSR count). The molecule has 2 nitrogen and oxygen atoms in total. The van der Waals surface area contributed by atoms with Crippen molar-refractivity contribution in [2.75, 3.05) is 0 Å². The standard InChI is InChI=1S/C31H52N2/c1-3-4-5-6-7-8-9-10-11-12-13-14-15-16-17-21-24-31(27-30-22-19-18-20-23-30)29(2)33-26-25-32-28-33/h18-20,22-23,25-26,28-29,31H,3-17,21,24,27H2,1-2H3/p+1. The van der Waals surface area contributed by atoms with Gasteiger partial charge in [0.15, 0.2) is 0 Å². The van der Waals surface area contributed by atoms with Crippen molar-refractivity contribution in [1.29, 1.82) is 0 Å². The van der Waals surface area contributed by atoms with Crippen LogP contribution in [0.4, 0.5) is 0 Å². The average Bonchev–Trinajstić information content (AvgIpc) is 3.38. The summed E-state index contributed by atoms with van der Waals surface area (Å²) in [5.41, 5.74) is 1.47. The Labute approximate surface area is 205 Å². The molecule has 0 saturated heterocycles. The summed E-state index contributed by atoms with van der Waals surface area (Å²) in [4.78, 5) is 3.22. The number of aromatic nitrogens is 2. The van der Waals surface area contributed by atoms with Crippen LogP contribution in [0.15, 0.2) is 49.1 Å². The van der Waals surface area contributed by atoms with Gasteiger partial charge in [0.2, 0.25) is 6.33 Å². The zero-order valence-electron chi connectivity index (χ0n) is 21.9. The van der Waals surface area contributed by atoms with E-state index in [9.17, 15) is 0 Å². The van der Waals surface area contributed by atoms with Crippen LogP contribution in [0.5, 0.6) is 0 Å². The van der Waals surface area contributed by atoms with Crippen molar-refractivity contribution in [2.45, 2.75) is 135 Å². The molecular formula is C31H53N2+. The van der Waals surface area contributed by atoms with Crippen molar-refractivity contribution in [3.05, 3.63) is 54.6 Å². The summed E-state index contributed by atoms with van der Waals surface area (Å²) in [6.07, 6.45) is 31.8. The number of aromatic amines is 1. The Balaban J connectivity index is 1.49. The zero-order valence-corrected chi connectivity index (χ0v) is 21.9. The van der Waals surface area contributed by atoms with Gasteiger partial charge in [-0.3, -0.25) is 4.98 Å². The molecule has 0 aliphatic heterocycles. The topological polar surface area (TPSA) is 19.7 Å². The number of rotatable bonds is 21. The van der Waals surface area contributed by atoms with Crippen LogP contribution < -0.4 is 4.57 Å². The van der Waals surface area contributed by atoms with Gasteiger partial charge in [-0.15, -0.1) is 0 Å². The van der Waals surface area contributed by atoms with Crippen LogP contribution in [-0.2, 0) is 6.42 Å².